The molecule has 1 heterocycles. The third-order valence-electron chi connectivity index (χ3n) is 4.37. The number of aliphatic hydroxyl groups is 1. The van der Waals surface area contributed by atoms with Crippen molar-refractivity contribution in [3.8, 4) is 16.9 Å². The second kappa shape index (κ2) is 8.52. The van der Waals surface area contributed by atoms with Crippen molar-refractivity contribution in [2.24, 2.45) is 0 Å². The Morgan fingerprint density at radius 3 is 2.50 bits per heavy atom. The van der Waals surface area contributed by atoms with Crippen molar-refractivity contribution in [3.05, 3.63) is 53.6 Å². The van der Waals surface area contributed by atoms with Gasteiger partial charge in [-0.15, -0.1) is 0 Å². The van der Waals surface area contributed by atoms with E-state index in [1.165, 1.54) is 19.3 Å². The lowest BCUT2D eigenvalue weighted by atomic mass is 10.1. The number of nitrogens with zero attached hydrogens (tertiary/aromatic N) is 1. The largest absolute Gasteiger partial charge is 0.491 e. The molecule has 1 N–H and O–H groups in total. The molecule has 3 nitrogen and oxygen atoms in total. The minimum absolute atomic E-state index is 0.320. The van der Waals surface area contributed by atoms with Gasteiger partial charge >= 0.3 is 0 Å². The molecular weight excluding hydrogens is 322 g/mol. The summed E-state index contributed by atoms with van der Waals surface area (Å²) in [5.41, 5.74) is 2.17. The van der Waals surface area contributed by atoms with Crippen molar-refractivity contribution >= 4 is 11.6 Å². The Kier molecular flexibility index (Phi) is 6.13. The fourth-order valence-electron chi connectivity index (χ4n) is 3.09. The smallest absolute Gasteiger partial charge is 0.120 e. The lowest BCUT2D eigenvalue weighted by Gasteiger charge is -2.28. The van der Waals surface area contributed by atoms with E-state index in [1.807, 2.05) is 48.5 Å². The van der Waals surface area contributed by atoms with Gasteiger partial charge in [-0.2, -0.15) is 0 Å². The SMILES string of the molecule is OC(COc1cccc(-c2ccc(Cl)cc2)c1)CN1CCCCC1. The molecule has 0 saturated carbocycles. The van der Waals surface area contributed by atoms with E-state index in [0.717, 1.165) is 35.0 Å². The number of benzene rings is 2. The lowest BCUT2D eigenvalue weighted by Crippen LogP contribution is -2.38. The molecule has 2 aromatic carbocycles. The summed E-state index contributed by atoms with van der Waals surface area (Å²) in [4.78, 5) is 2.32. The van der Waals surface area contributed by atoms with Crippen molar-refractivity contribution in [2.75, 3.05) is 26.2 Å². The standard InChI is InChI=1S/C20H24ClNO2/c21-18-9-7-16(8-10-18)17-5-4-6-20(13-17)24-15-19(23)14-22-11-2-1-3-12-22/h4-10,13,19,23H,1-3,11-12,14-15H2. The third-order valence-corrected chi connectivity index (χ3v) is 4.62. The van der Waals surface area contributed by atoms with Crippen molar-refractivity contribution in [1.82, 2.24) is 4.90 Å². The van der Waals surface area contributed by atoms with Crippen LogP contribution < -0.4 is 4.74 Å². The molecule has 2 aromatic rings. The zero-order chi connectivity index (χ0) is 16.8. The lowest BCUT2D eigenvalue weighted by molar-refractivity contribution is 0.0617. The zero-order valence-electron chi connectivity index (χ0n) is 13.8. The van der Waals surface area contributed by atoms with E-state index in [0.29, 0.717) is 13.2 Å². The number of hydrogen-bond donors (Lipinski definition) is 1. The summed E-state index contributed by atoms with van der Waals surface area (Å²) >= 11 is 5.94. The Hall–Kier alpha value is -1.55. The van der Waals surface area contributed by atoms with Gasteiger partial charge < -0.3 is 14.7 Å². The van der Waals surface area contributed by atoms with Gasteiger partial charge in [0, 0.05) is 11.6 Å². The molecule has 4 heteroatoms. The minimum atomic E-state index is -0.456. The maximum absolute atomic E-state index is 10.2. The number of halogens is 1. The highest BCUT2D eigenvalue weighted by Gasteiger charge is 2.15. The molecule has 3 rings (SSSR count). The van der Waals surface area contributed by atoms with Crippen LogP contribution in [-0.2, 0) is 0 Å². The molecule has 128 valence electrons. The van der Waals surface area contributed by atoms with Crippen LogP contribution in [0.15, 0.2) is 48.5 Å². The first-order valence-corrected chi connectivity index (χ1v) is 8.98. The summed E-state index contributed by atoms with van der Waals surface area (Å²) in [6, 6.07) is 15.7. The van der Waals surface area contributed by atoms with Crippen LogP contribution in [0.3, 0.4) is 0 Å². The molecule has 1 aliphatic rings. The van der Waals surface area contributed by atoms with Crippen molar-refractivity contribution < 1.29 is 9.84 Å². The highest BCUT2D eigenvalue weighted by atomic mass is 35.5. The number of hydrogen-bond acceptors (Lipinski definition) is 3. The number of aliphatic hydroxyl groups excluding tert-OH is 1. The Morgan fingerprint density at radius 1 is 1.00 bits per heavy atom. The molecule has 0 aliphatic carbocycles. The number of piperidine rings is 1. The first kappa shape index (κ1) is 17.3. The Labute approximate surface area is 148 Å². The number of likely N-dealkylation sites (tertiary alicyclic amines) is 1. The van der Waals surface area contributed by atoms with E-state index < -0.39 is 6.10 Å². The van der Waals surface area contributed by atoms with Crippen molar-refractivity contribution in [3.63, 3.8) is 0 Å². The summed E-state index contributed by atoms with van der Waals surface area (Å²) in [5, 5.41) is 10.9. The fraction of sp³-hybridized carbons (Fsp3) is 0.400. The second-order valence-electron chi connectivity index (χ2n) is 6.36. The molecule has 0 aromatic heterocycles. The van der Waals surface area contributed by atoms with Gasteiger partial charge in [0.05, 0.1) is 0 Å². The molecular formula is C20H24ClNO2. The van der Waals surface area contributed by atoms with E-state index >= 15 is 0 Å². The molecule has 1 aliphatic heterocycles. The quantitative estimate of drug-likeness (QED) is 0.850. The molecule has 0 amide bonds. The highest BCUT2D eigenvalue weighted by molar-refractivity contribution is 6.30. The molecule has 1 unspecified atom stereocenters. The Morgan fingerprint density at radius 2 is 1.75 bits per heavy atom. The monoisotopic (exact) mass is 345 g/mol. The summed E-state index contributed by atoms with van der Waals surface area (Å²) < 4.78 is 5.79. The van der Waals surface area contributed by atoms with Crippen LogP contribution in [0.25, 0.3) is 11.1 Å². The van der Waals surface area contributed by atoms with Crippen LogP contribution >= 0.6 is 11.6 Å². The van der Waals surface area contributed by atoms with Gasteiger partial charge in [-0.05, 0) is 61.3 Å². The van der Waals surface area contributed by atoms with Gasteiger partial charge in [0.2, 0.25) is 0 Å². The van der Waals surface area contributed by atoms with Gasteiger partial charge in [-0.25, -0.2) is 0 Å². The van der Waals surface area contributed by atoms with Crippen molar-refractivity contribution in [1.29, 1.82) is 0 Å². The molecule has 0 spiro atoms. The van der Waals surface area contributed by atoms with Crippen LogP contribution in [0, 0.1) is 0 Å². The van der Waals surface area contributed by atoms with Gasteiger partial charge in [0.25, 0.3) is 0 Å². The Balaban J connectivity index is 1.55. The van der Waals surface area contributed by atoms with E-state index in [4.69, 9.17) is 16.3 Å². The molecule has 1 fully saturated rings. The molecule has 0 bridgehead atoms. The molecule has 1 atom stereocenters. The third kappa shape index (κ3) is 4.97. The predicted octanol–water partition coefficient (Wildman–Crippen LogP) is 4.23. The predicted molar refractivity (Wildman–Crippen MR) is 98.7 cm³/mol. The number of β-amino-alcohol motifs (C(OH)–C–C–N with tert-alkyl or cyclic N) is 1. The van der Waals surface area contributed by atoms with Gasteiger partial charge in [-0.1, -0.05) is 42.3 Å². The maximum Gasteiger partial charge on any atom is 0.120 e. The molecule has 24 heavy (non-hydrogen) atoms. The van der Waals surface area contributed by atoms with E-state index in [9.17, 15) is 5.11 Å². The Bertz CT molecular complexity index is 638. The second-order valence-corrected chi connectivity index (χ2v) is 6.80. The fourth-order valence-corrected chi connectivity index (χ4v) is 3.22. The van der Waals surface area contributed by atoms with E-state index in [-0.39, 0.29) is 0 Å². The van der Waals surface area contributed by atoms with Gasteiger partial charge in [0.1, 0.15) is 18.5 Å². The average Bonchev–Trinajstić information content (AvgIpc) is 2.62. The van der Waals surface area contributed by atoms with Crippen molar-refractivity contribution in [2.45, 2.75) is 25.4 Å². The minimum Gasteiger partial charge on any atom is -0.491 e. The number of rotatable bonds is 6. The van der Waals surface area contributed by atoms with Crippen LogP contribution in [-0.4, -0.2) is 42.4 Å². The normalized spacial score (nSPS) is 16.8. The molecule has 1 saturated heterocycles. The van der Waals surface area contributed by atoms with E-state index in [1.54, 1.807) is 0 Å². The topological polar surface area (TPSA) is 32.7 Å². The van der Waals surface area contributed by atoms with Gasteiger partial charge in [-0.3, -0.25) is 0 Å². The zero-order valence-corrected chi connectivity index (χ0v) is 14.6. The van der Waals surface area contributed by atoms with Crippen LogP contribution in [0.5, 0.6) is 5.75 Å². The summed E-state index contributed by atoms with van der Waals surface area (Å²) in [6.07, 6.45) is 3.32. The summed E-state index contributed by atoms with van der Waals surface area (Å²) in [7, 11) is 0. The first-order valence-electron chi connectivity index (χ1n) is 8.60. The van der Waals surface area contributed by atoms with Crippen LogP contribution in [0.4, 0.5) is 0 Å². The van der Waals surface area contributed by atoms with E-state index in [2.05, 4.69) is 4.90 Å². The maximum atomic E-state index is 10.2. The average molecular weight is 346 g/mol. The van der Waals surface area contributed by atoms with Crippen LogP contribution in [0.1, 0.15) is 19.3 Å². The summed E-state index contributed by atoms with van der Waals surface area (Å²) in [6.45, 7) is 3.18. The number of ether oxygens (including phenoxy) is 1. The van der Waals surface area contributed by atoms with Crippen LogP contribution in [0.2, 0.25) is 5.02 Å². The van der Waals surface area contributed by atoms with Gasteiger partial charge in [0.15, 0.2) is 0 Å². The summed E-state index contributed by atoms with van der Waals surface area (Å²) in [5.74, 6) is 0.778. The molecule has 0 radical (unpaired) electrons. The first-order chi connectivity index (χ1) is 11.7. The highest BCUT2D eigenvalue weighted by Crippen LogP contribution is 2.25.